The maximum absolute atomic E-state index is 9.89. The quantitative estimate of drug-likeness (QED) is 0.633. The molecule has 0 radical (unpaired) electrons. The van der Waals surface area contributed by atoms with E-state index >= 15 is 0 Å². The SMILES string of the molecule is NC1CC2(CCCNC2)Oc2c(O)cccc21. The number of hydrogen-bond donors (Lipinski definition) is 3. The third kappa shape index (κ3) is 1.77. The molecule has 1 aromatic rings. The highest BCUT2D eigenvalue weighted by Gasteiger charge is 2.41. The third-order valence-corrected chi connectivity index (χ3v) is 3.77. The molecule has 2 aliphatic heterocycles. The van der Waals surface area contributed by atoms with Gasteiger partial charge in [0.15, 0.2) is 11.5 Å². The van der Waals surface area contributed by atoms with E-state index in [2.05, 4.69) is 5.32 Å². The first-order chi connectivity index (χ1) is 8.20. The second-order valence-electron chi connectivity index (χ2n) is 5.07. The number of rotatable bonds is 0. The summed E-state index contributed by atoms with van der Waals surface area (Å²) in [5, 5.41) is 13.2. The van der Waals surface area contributed by atoms with E-state index in [0.29, 0.717) is 5.75 Å². The second-order valence-corrected chi connectivity index (χ2v) is 5.07. The maximum atomic E-state index is 9.89. The molecule has 2 heterocycles. The van der Waals surface area contributed by atoms with Crippen LogP contribution in [0, 0.1) is 0 Å². The third-order valence-electron chi connectivity index (χ3n) is 3.77. The fourth-order valence-electron chi connectivity index (χ4n) is 2.92. The molecular formula is C13H18N2O2. The Morgan fingerprint density at radius 1 is 1.47 bits per heavy atom. The molecule has 1 saturated heterocycles. The second kappa shape index (κ2) is 3.89. The largest absolute Gasteiger partial charge is 0.504 e. The number of nitrogens with two attached hydrogens (primary N) is 1. The zero-order valence-electron chi connectivity index (χ0n) is 9.78. The number of para-hydroxylation sites is 1. The molecule has 0 aliphatic carbocycles. The smallest absolute Gasteiger partial charge is 0.166 e. The number of benzene rings is 1. The molecule has 1 aromatic carbocycles. The number of phenols is 1. The van der Waals surface area contributed by atoms with E-state index in [-0.39, 0.29) is 17.4 Å². The van der Waals surface area contributed by atoms with Gasteiger partial charge in [-0.3, -0.25) is 0 Å². The van der Waals surface area contributed by atoms with Gasteiger partial charge < -0.3 is 20.9 Å². The molecule has 0 bridgehead atoms. The van der Waals surface area contributed by atoms with E-state index in [0.717, 1.165) is 37.9 Å². The Morgan fingerprint density at radius 3 is 3.12 bits per heavy atom. The van der Waals surface area contributed by atoms with Crippen molar-refractivity contribution in [3.63, 3.8) is 0 Å². The van der Waals surface area contributed by atoms with E-state index in [9.17, 15) is 5.11 Å². The number of ether oxygens (including phenoxy) is 1. The molecule has 17 heavy (non-hydrogen) atoms. The van der Waals surface area contributed by atoms with Crippen molar-refractivity contribution in [3.05, 3.63) is 23.8 Å². The fourth-order valence-corrected chi connectivity index (χ4v) is 2.92. The molecule has 4 N–H and O–H groups in total. The Bertz CT molecular complexity index is 427. The zero-order chi connectivity index (χ0) is 11.9. The van der Waals surface area contributed by atoms with Crippen LogP contribution in [0.3, 0.4) is 0 Å². The van der Waals surface area contributed by atoms with Gasteiger partial charge in [0.25, 0.3) is 0 Å². The average Bonchev–Trinajstić information content (AvgIpc) is 2.32. The van der Waals surface area contributed by atoms with Gasteiger partial charge in [0.1, 0.15) is 5.60 Å². The normalized spacial score (nSPS) is 31.9. The highest BCUT2D eigenvalue weighted by molar-refractivity contribution is 5.49. The molecule has 0 saturated carbocycles. The number of aromatic hydroxyl groups is 1. The summed E-state index contributed by atoms with van der Waals surface area (Å²) in [5.41, 5.74) is 6.89. The summed E-state index contributed by atoms with van der Waals surface area (Å²) in [6, 6.07) is 5.35. The van der Waals surface area contributed by atoms with Gasteiger partial charge in [-0.15, -0.1) is 0 Å². The van der Waals surface area contributed by atoms with E-state index in [1.54, 1.807) is 6.07 Å². The monoisotopic (exact) mass is 234 g/mol. The predicted molar refractivity (Wildman–Crippen MR) is 65.1 cm³/mol. The molecule has 4 nitrogen and oxygen atoms in total. The summed E-state index contributed by atoms with van der Waals surface area (Å²) >= 11 is 0. The van der Waals surface area contributed by atoms with E-state index in [1.807, 2.05) is 12.1 Å². The highest BCUT2D eigenvalue weighted by atomic mass is 16.5. The van der Waals surface area contributed by atoms with Crippen molar-refractivity contribution in [2.24, 2.45) is 5.73 Å². The van der Waals surface area contributed by atoms with Crippen molar-refractivity contribution in [2.45, 2.75) is 30.9 Å². The van der Waals surface area contributed by atoms with Gasteiger partial charge in [0.05, 0.1) is 0 Å². The van der Waals surface area contributed by atoms with Crippen molar-refractivity contribution in [1.29, 1.82) is 0 Å². The standard InChI is InChI=1S/C13H18N2O2/c14-10-7-13(5-2-6-15-8-13)17-12-9(10)3-1-4-11(12)16/h1,3-4,10,15-16H,2,5-8,14H2. The van der Waals surface area contributed by atoms with Crippen LogP contribution in [0.15, 0.2) is 18.2 Å². The number of phenolic OH excluding ortho intramolecular Hbond substituents is 1. The lowest BCUT2D eigenvalue weighted by molar-refractivity contribution is 0.0112. The molecule has 3 rings (SSSR count). The summed E-state index contributed by atoms with van der Waals surface area (Å²) in [5.74, 6) is 0.776. The van der Waals surface area contributed by atoms with Gasteiger partial charge in [-0.2, -0.15) is 0 Å². The lowest BCUT2D eigenvalue weighted by atomic mass is 9.82. The Kier molecular flexibility index (Phi) is 2.49. The van der Waals surface area contributed by atoms with Crippen molar-refractivity contribution in [3.8, 4) is 11.5 Å². The van der Waals surface area contributed by atoms with E-state index < -0.39 is 0 Å². The molecular weight excluding hydrogens is 216 g/mol. The number of fused-ring (bicyclic) bond motifs is 1. The number of nitrogens with one attached hydrogen (secondary N) is 1. The van der Waals surface area contributed by atoms with E-state index in [1.165, 1.54) is 0 Å². The van der Waals surface area contributed by atoms with Gasteiger partial charge in [0.2, 0.25) is 0 Å². The summed E-state index contributed by atoms with van der Waals surface area (Å²) in [4.78, 5) is 0. The van der Waals surface area contributed by atoms with Gasteiger partial charge in [-0.1, -0.05) is 12.1 Å². The summed E-state index contributed by atoms with van der Waals surface area (Å²) in [6.45, 7) is 1.85. The topological polar surface area (TPSA) is 67.5 Å². The van der Waals surface area contributed by atoms with Crippen molar-refractivity contribution < 1.29 is 9.84 Å². The summed E-state index contributed by atoms with van der Waals surface area (Å²) in [7, 11) is 0. The summed E-state index contributed by atoms with van der Waals surface area (Å²) in [6.07, 6.45) is 2.91. The minimum absolute atomic E-state index is 0.0502. The van der Waals surface area contributed by atoms with Crippen LogP contribution in [0.2, 0.25) is 0 Å². The van der Waals surface area contributed by atoms with Crippen LogP contribution in [0.1, 0.15) is 30.9 Å². The lowest BCUT2D eigenvalue weighted by Gasteiger charge is -2.43. The van der Waals surface area contributed by atoms with E-state index in [4.69, 9.17) is 10.5 Å². The van der Waals surface area contributed by atoms with Gasteiger partial charge in [-0.25, -0.2) is 0 Å². The Balaban J connectivity index is 1.99. The molecule has 0 aromatic heterocycles. The first-order valence-corrected chi connectivity index (χ1v) is 6.17. The highest BCUT2D eigenvalue weighted by Crippen LogP contribution is 2.45. The molecule has 92 valence electrons. The Hall–Kier alpha value is -1.26. The van der Waals surface area contributed by atoms with Gasteiger partial charge in [-0.05, 0) is 25.5 Å². The number of hydrogen-bond acceptors (Lipinski definition) is 4. The van der Waals surface area contributed by atoms with Gasteiger partial charge >= 0.3 is 0 Å². The van der Waals surface area contributed by atoms with Crippen LogP contribution in [0.25, 0.3) is 0 Å². The minimum atomic E-state index is -0.233. The van der Waals surface area contributed by atoms with Gasteiger partial charge in [0, 0.05) is 24.6 Å². The van der Waals surface area contributed by atoms with Crippen LogP contribution in [-0.4, -0.2) is 23.8 Å². The lowest BCUT2D eigenvalue weighted by Crippen LogP contribution is -2.53. The average molecular weight is 234 g/mol. The van der Waals surface area contributed by atoms with Crippen LogP contribution in [-0.2, 0) is 0 Å². The zero-order valence-corrected chi connectivity index (χ0v) is 9.78. The molecule has 1 fully saturated rings. The predicted octanol–water partition coefficient (Wildman–Crippen LogP) is 1.30. The van der Waals surface area contributed by atoms with Crippen LogP contribution < -0.4 is 15.8 Å². The van der Waals surface area contributed by atoms with Crippen LogP contribution in [0.4, 0.5) is 0 Å². The Labute approximate surface area is 101 Å². The maximum Gasteiger partial charge on any atom is 0.166 e. The fraction of sp³-hybridized carbons (Fsp3) is 0.538. The van der Waals surface area contributed by atoms with Crippen LogP contribution in [0.5, 0.6) is 11.5 Å². The van der Waals surface area contributed by atoms with Crippen LogP contribution >= 0.6 is 0 Å². The molecule has 4 heteroatoms. The van der Waals surface area contributed by atoms with Crippen molar-refractivity contribution >= 4 is 0 Å². The molecule has 2 atom stereocenters. The first kappa shape index (κ1) is 10.9. The van der Waals surface area contributed by atoms with Crippen molar-refractivity contribution in [2.75, 3.05) is 13.1 Å². The minimum Gasteiger partial charge on any atom is -0.504 e. The molecule has 1 spiro atoms. The first-order valence-electron chi connectivity index (χ1n) is 6.17. The summed E-state index contributed by atoms with van der Waals surface area (Å²) < 4.78 is 6.07. The number of piperidine rings is 1. The molecule has 0 amide bonds. The molecule has 2 aliphatic rings. The molecule has 2 unspecified atom stereocenters. The van der Waals surface area contributed by atoms with Crippen molar-refractivity contribution in [1.82, 2.24) is 5.32 Å². The Morgan fingerprint density at radius 2 is 2.35 bits per heavy atom.